The number of hydrogen-bond donors (Lipinski definition) is 1. The Morgan fingerprint density at radius 2 is 1.70 bits per heavy atom. The Morgan fingerprint density at radius 1 is 1.03 bits per heavy atom. The largest absolute Gasteiger partial charge is 0.508 e. The average Bonchev–Trinajstić information content (AvgIpc) is 3.03. The Bertz CT molecular complexity index is 1050. The van der Waals surface area contributed by atoms with Crippen molar-refractivity contribution in [3.05, 3.63) is 76.1 Å². The van der Waals surface area contributed by atoms with Gasteiger partial charge in [-0.3, -0.25) is 9.48 Å². The van der Waals surface area contributed by atoms with Gasteiger partial charge in [-0.1, -0.05) is 29.8 Å². The summed E-state index contributed by atoms with van der Waals surface area (Å²) < 4.78 is 1.86. The molecule has 1 N–H and O–H groups in total. The summed E-state index contributed by atoms with van der Waals surface area (Å²) in [6.07, 6.45) is 0. The monoisotopic (exact) mass is 424 g/mol. The average molecular weight is 425 g/mol. The smallest absolute Gasteiger partial charge is 0.257 e. The highest BCUT2D eigenvalue weighted by Crippen LogP contribution is 2.23. The minimum atomic E-state index is 0.0285. The van der Waals surface area contributed by atoms with Gasteiger partial charge in [0.05, 0.1) is 17.8 Å². The van der Waals surface area contributed by atoms with E-state index >= 15 is 0 Å². The molecule has 0 bridgehead atoms. The van der Waals surface area contributed by atoms with Gasteiger partial charge in [0.1, 0.15) is 5.75 Å². The van der Waals surface area contributed by atoms with Crippen molar-refractivity contribution in [1.82, 2.24) is 14.7 Å². The Hall–Kier alpha value is -2.99. The van der Waals surface area contributed by atoms with Gasteiger partial charge in [0.15, 0.2) is 0 Å². The lowest BCUT2D eigenvalue weighted by atomic mass is 10.1. The second-order valence-corrected chi connectivity index (χ2v) is 8.00. The molecule has 1 aromatic heterocycles. The third-order valence-corrected chi connectivity index (χ3v) is 6.02. The maximum atomic E-state index is 13.3. The zero-order valence-corrected chi connectivity index (χ0v) is 17.9. The fourth-order valence-corrected chi connectivity index (χ4v) is 4.13. The number of aryl methyl sites for hydroxylation is 1. The van der Waals surface area contributed by atoms with E-state index in [1.807, 2.05) is 59.8 Å². The number of benzene rings is 2. The Balaban J connectivity index is 1.47. The van der Waals surface area contributed by atoms with E-state index in [0.717, 1.165) is 35.7 Å². The fourth-order valence-electron chi connectivity index (χ4n) is 3.94. The highest BCUT2D eigenvalue weighted by molar-refractivity contribution is 6.31. The summed E-state index contributed by atoms with van der Waals surface area (Å²) in [5.74, 6) is 0.285. The summed E-state index contributed by atoms with van der Waals surface area (Å²) in [6.45, 7) is 7.16. The molecule has 0 aliphatic carbocycles. The number of amides is 1. The lowest BCUT2D eigenvalue weighted by Crippen LogP contribution is -2.49. The molecule has 0 spiro atoms. The van der Waals surface area contributed by atoms with Gasteiger partial charge in [0, 0.05) is 42.6 Å². The van der Waals surface area contributed by atoms with Crippen molar-refractivity contribution < 1.29 is 9.90 Å². The van der Waals surface area contributed by atoms with Crippen LogP contribution in [0.1, 0.15) is 27.3 Å². The molecule has 0 saturated carbocycles. The van der Waals surface area contributed by atoms with Gasteiger partial charge in [-0.15, -0.1) is 0 Å². The summed E-state index contributed by atoms with van der Waals surface area (Å²) in [5, 5.41) is 14.8. The summed E-state index contributed by atoms with van der Waals surface area (Å²) in [6, 6.07) is 14.9. The lowest BCUT2D eigenvalue weighted by Gasteiger charge is -2.36. The van der Waals surface area contributed by atoms with Crippen LogP contribution < -0.4 is 4.90 Å². The predicted molar refractivity (Wildman–Crippen MR) is 118 cm³/mol. The van der Waals surface area contributed by atoms with Gasteiger partial charge < -0.3 is 14.9 Å². The van der Waals surface area contributed by atoms with Crippen molar-refractivity contribution in [2.75, 3.05) is 31.1 Å². The molecule has 30 heavy (non-hydrogen) atoms. The zero-order valence-electron chi connectivity index (χ0n) is 17.2. The van der Waals surface area contributed by atoms with Crippen LogP contribution in [0.4, 0.5) is 5.69 Å². The Kier molecular flexibility index (Phi) is 5.68. The van der Waals surface area contributed by atoms with Crippen molar-refractivity contribution in [2.24, 2.45) is 0 Å². The number of phenolic OH excluding ortho intramolecular Hbond substituents is 1. The SMILES string of the molecule is Cc1nn(Cc2ccccc2Cl)c(C)c1C(=O)N1CCN(c2ccc(O)cc2)CC1. The first-order valence-electron chi connectivity index (χ1n) is 10.0. The number of anilines is 1. The predicted octanol–water partition coefficient (Wildman–Crippen LogP) is 3.87. The molecule has 0 unspecified atom stereocenters. The van der Waals surface area contributed by atoms with Crippen molar-refractivity contribution in [2.45, 2.75) is 20.4 Å². The minimum Gasteiger partial charge on any atom is -0.508 e. The second kappa shape index (κ2) is 8.40. The second-order valence-electron chi connectivity index (χ2n) is 7.59. The maximum absolute atomic E-state index is 13.3. The van der Waals surface area contributed by atoms with Crippen molar-refractivity contribution >= 4 is 23.2 Å². The highest BCUT2D eigenvalue weighted by Gasteiger charge is 2.27. The third kappa shape index (κ3) is 4.00. The van der Waals surface area contributed by atoms with E-state index in [1.54, 1.807) is 12.1 Å². The number of hydrogen-bond acceptors (Lipinski definition) is 4. The molecule has 1 aliphatic heterocycles. The molecule has 1 amide bonds. The van der Waals surface area contributed by atoms with E-state index in [2.05, 4.69) is 10.00 Å². The molecule has 0 radical (unpaired) electrons. The lowest BCUT2D eigenvalue weighted by molar-refractivity contribution is 0.0745. The zero-order chi connectivity index (χ0) is 21.3. The van der Waals surface area contributed by atoms with Crippen LogP contribution in [0.25, 0.3) is 0 Å². The van der Waals surface area contributed by atoms with Crippen LogP contribution in [0.2, 0.25) is 5.02 Å². The first-order valence-corrected chi connectivity index (χ1v) is 10.4. The Morgan fingerprint density at radius 3 is 2.37 bits per heavy atom. The number of carbonyl (C=O) groups is 1. The highest BCUT2D eigenvalue weighted by atomic mass is 35.5. The van der Waals surface area contributed by atoms with Crippen LogP contribution in [0.5, 0.6) is 5.75 Å². The van der Waals surface area contributed by atoms with Crippen molar-refractivity contribution in [1.29, 1.82) is 0 Å². The van der Waals surface area contributed by atoms with Gasteiger partial charge in [-0.2, -0.15) is 5.10 Å². The first kappa shape index (κ1) is 20.3. The molecule has 0 atom stereocenters. The molecule has 6 nitrogen and oxygen atoms in total. The fraction of sp³-hybridized carbons (Fsp3) is 0.304. The van der Waals surface area contributed by atoms with Gasteiger partial charge in [0.2, 0.25) is 0 Å². The molecule has 4 rings (SSSR count). The van der Waals surface area contributed by atoms with Crippen LogP contribution in [0.3, 0.4) is 0 Å². The summed E-state index contributed by atoms with van der Waals surface area (Å²) in [4.78, 5) is 17.4. The number of carbonyl (C=O) groups excluding carboxylic acids is 1. The number of aromatic nitrogens is 2. The minimum absolute atomic E-state index is 0.0285. The van der Waals surface area contributed by atoms with E-state index in [9.17, 15) is 9.90 Å². The molecular weight excluding hydrogens is 400 g/mol. The normalized spacial score (nSPS) is 14.2. The van der Waals surface area contributed by atoms with Crippen molar-refractivity contribution in [3.8, 4) is 5.75 Å². The van der Waals surface area contributed by atoms with Crippen LogP contribution in [0.15, 0.2) is 48.5 Å². The molecular formula is C23H25ClN4O2. The third-order valence-electron chi connectivity index (χ3n) is 5.66. The van der Waals surface area contributed by atoms with E-state index < -0.39 is 0 Å². The van der Waals surface area contributed by atoms with Crippen LogP contribution in [0, 0.1) is 13.8 Å². The molecule has 1 fully saturated rings. The molecule has 3 aromatic rings. The Labute approximate surface area is 181 Å². The topological polar surface area (TPSA) is 61.6 Å². The van der Waals surface area contributed by atoms with Gasteiger partial charge in [0.25, 0.3) is 5.91 Å². The molecule has 2 heterocycles. The van der Waals surface area contributed by atoms with Gasteiger partial charge in [-0.25, -0.2) is 0 Å². The van der Waals surface area contributed by atoms with E-state index in [-0.39, 0.29) is 11.7 Å². The number of rotatable bonds is 4. The van der Waals surface area contributed by atoms with Crippen LogP contribution in [-0.2, 0) is 6.54 Å². The summed E-state index contributed by atoms with van der Waals surface area (Å²) in [7, 11) is 0. The quantitative estimate of drug-likeness (QED) is 0.690. The number of piperazine rings is 1. The molecule has 156 valence electrons. The molecule has 7 heteroatoms. The summed E-state index contributed by atoms with van der Waals surface area (Å²) in [5.41, 5.74) is 4.31. The van der Waals surface area contributed by atoms with E-state index in [1.165, 1.54) is 0 Å². The van der Waals surface area contributed by atoms with E-state index in [0.29, 0.717) is 30.2 Å². The van der Waals surface area contributed by atoms with E-state index in [4.69, 9.17) is 11.6 Å². The number of nitrogens with zero attached hydrogens (tertiary/aromatic N) is 4. The molecule has 1 saturated heterocycles. The van der Waals surface area contributed by atoms with Gasteiger partial charge >= 0.3 is 0 Å². The number of phenols is 1. The van der Waals surface area contributed by atoms with Crippen LogP contribution in [-0.4, -0.2) is 51.9 Å². The standard InChI is InChI=1S/C23H25ClN4O2/c1-16-22(17(2)28(25-16)15-18-5-3-4-6-21(18)24)23(30)27-13-11-26(12-14-27)19-7-9-20(29)10-8-19/h3-10,29H,11-15H2,1-2H3. The van der Waals surface area contributed by atoms with Crippen molar-refractivity contribution in [3.63, 3.8) is 0 Å². The van der Waals surface area contributed by atoms with Crippen LogP contribution >= 0.6 is 11.6 Å². The summed E-state index contributed by atoms with van der Waals surface area (Å²) >= 11 is 6.30. The maximum Gasteiger partial charge on any atom is 0.257 e. The first-order chi connectivity index (χ1) is 14.4. The molecule has 2 aromatic carbocycles. The number of aromatic hydroxyl groups is 1. The molecule has 1 aliphatic rings. The number of halogens is 1. The van der Waals surface area contributed by atoms with Gasteiger partial charge in [-0.05, 0) is 49.7 Å².